The van der Waals surface area contributed by atoms with E-state index in [-0.39, 0.29) is 0 Å². The van der Waals surface area contributed by atoms with Crippen LogP contribution in [-0.2, 0) is 6.54 Å². The molecule has 0 spiro atoms. The molecule has 1 heterocycles. The second kappa shape index (κ2) is 5.17. The fraction of sp³-hybridized carbons (Fsp3) is 0.438. The maximum atomic E-state index is 4.78. The lowest BCUT2D eigenvalue weighted by Crippen LogP contribution is -2.16. The van der Waals surface area contributed by atoms with Crippen LogP contribution in [0, 0.1) is 0 Å². The molecule has 0 aliphatic heterocycles. The highest BCUT2D eigenvalue weighted by atomic mass is 15.0. The van der Waals surface area contributed by atoms with Gasteiger partial charge in [-0.3, -0.25) is 0 Å². The number of rotatable bonds is 5. The van der Waals surface area contributed by atoms with Crippen molar-refractivity contribution in [2.24, 2.45) is 0 Å². The van der Waals surface area contributed by atoms with Crippen molar-refractivity contribution in [2.75, 3.05) is 0 Å². The van der Waals surface area contributed by atoms with Crippen LogP contribution < -0.4 is 5.32 Å². The zero-order valence-electron chi connectivity index (χ0n) is 11.6. The standard InChI is InChI=1S/C16H21N3/c1-11(2)15-16(12-6-4-3-5-7-12)19-14(18-15)10-17-13-8-9-13/h3-7,11,13,17H,8-10H2,1-2H3,(H,18,19). The number of hydrogen-bond acceptors (Lipinski definition) is 2. The lowest BCUT2D eigenvalue weighted by molar-refractivity contribution is 0.661. The third-order valence-electron chi connectivity index (χ3n) is 3.54. The van der Waals surface area contributed by atoms with Gasteiger partial charge < -0.3 is 10.3 Å². The van der Waals surface area contributed by atoms with E-state index in [9.17, 15) is 0 Å². The molecule has 1 aromatic carbocycles. The lowest BCUT2D eigenvalue weighted by atomic mass is 10.0. The number of hydrogen-bond donors (Lipinski definition) is 2. The summed E-state index contributed by atoms with van der Waals surface area (Å²) in [5.41, 5.74) is 3.53. The number of imidazole rings is 1. The highest BCUT2D eigenvalue weighted by Crippen LogP contribution is 2.27. The molecule has 2 N–H and O–H groups in total. The second-order valence-electron chi connectivity index (χ2n) is 5.62. The van der Waals surface area contributed by atoms with Crippen LogP contribution >= 0.6 is 0 Å². The summed E-state index contributed by atoms with van der Waals surface area (Å²) in [6.07, 6.45) is 2.62. The van der Waals surface area contributed by atoms with Crippen LogP contribution in [0.2, 0.25) is 0 Å². The first-order chi connectivity index (χ1) is 9.24. The number of H-pyrrole nitrogens is 1. The molecule has 1 saturated carbocycles. The van der Waals surface area contributed by atoms with Crippen molar-refractivity contribution in [2.45, 2.75) is 45.2 Å². The van der Waals surface area contributed by atoms with Crippen LogP contribution in [0.3, 0.4) is 0 Å². The Bertz CT molecular complexity index is 538. The van der Waals surface area contributed by atoms with Gasteiger partial charge in [0.05, 0.1) is 12.2 Å². The van der Waals surface area contributed by atoms with Gasteiger partial charge in [-0.1, -0.05) is 44.2 Å². The maximum Gasteiger partial charge on any atom is 0.121 e. The summed E-state index contributed by atoms with van der Waals surface area (Å²) in [5.74, 6) is 1.51. The number of nitrogens with one attached hydrogen (secondary N) is 2. The molecule has 0 radical (unpaired) electrons. The molecule has 0 atom stereocenters. The second-order valence-corrected chi connectivity index (χ2v) is 5.62. The van der Waals surface area contributed by atoms with Gasteiger partial charge in [-0.2, -0.15) is 0 Å². The first kappa shape index (κ1) is 12.4. The Balaban J connectivity index is 1.88. The molecule has 100 valence electrons. The Morgan fingerprint density at radius 1 is 1.26 bits per heavy atom. The van der Waals surface area contributed by atoms with E-state index in [2.05, 4.69) is 48.4 Å². The van der Waals surface area contributed by atoms with Crippen LogP contribution in [0.1, 0.15) is 44.1 Å². The third-order valence-corrected chi connectivity index (χ3v) is 3.54. The summed E-state index contributed by atoms with van der Waals surface area (Å²) in [6.45, 7) is 5.26. The minimum atomic E-state index is 0.456. The number of aromatic nitrogens is 2. The van der Waals surface area contributed by atoms with Crippen molar-refractivity contribution in [3.05, 3.63) is 41.9 Å². The topological polar surface area (TPSA) is 40.7 Å². The predicted octanol–water partition coefficient (Wildman–Crippen LogP) is 3.45. The molecular weight excluding hydrogens is 234 g/mol. The molecule has 0 saturated heterocycles. The molecule has 0 bridgehead atoms. The van der Waals surface area contributed by atoms with Crippen molar-refractivity contribution in [3.8, 4) is 11.3 Å². The van der Waals surface area contributed by atoms with Crippen molar-refractivity contribution < 1.29 is 0 Å². The number of aromatic amines is 1. The fourth-order valence-electron chi connectivity index (χ4n) is 2.28. The molecule has 3 heteroatoms. The van der Waals surface area contributed by atoms with Gasteiger partial charge in [0.2, 0.25) is 0 Å². The van der Waals surface area contributed by atoms with E-state index in [0.29, 0.717) is 12.0 Å². The van der Waals surface area contributed by atoms with Crippen LogP contribution in [0.5, 0.6) is 0 Å². The fourth-order valence-corrected chi connectivity index (χ4v) is 2.28. The minimum Gasteiger partial charge on any atom is -0.344 e. The van der Waals surface area contributed by atoms with E-state index < -0.39 is 0 Å². The minimum absolute atomic E-state index is 0.456. The largest absolute Gasteiger partial charge is 0.344 e. The molecule has 1 aliphatic rings. The highest BCUT2D eigenvalue weighted by molar-refractivity contribution is 5.62. The molecule has 1 aromatic heterocycles. The van der Waals surface area contributed by atoms with E-state index >= 15 is 0 Å². The summed E-state index contributed by atoms with van der Waals surface area (Å²) < 4.78 is 0. The average Bonchev–Trinajstić information content (AvgIpc) is 3.15. The summed E-state index contributed by atoms with van der Waals surface area (Å²) in [4.78, 5) is 8.27. The van der Waals surface area contributed by atoms with Crippen LogP contribution in [-0.4, -0.2) is 16.0 Å². The van der Waals surface area contributed by atoms with Gasteiger partial charge in [0, 0.05) is 17.3 Å². The van der Waals surface area contributed by atoms with Crippen molar-refractivity contribution >= 4 is 0 Å². The average molecular weight is 255 g/mol. The van der Waals surface area contributed by atoms with Gasteiger partial charge in [0.15, 0.2) is 0 Å². The molecule has 1 aliphatic carbocycles. The summed E-state index contributed by atoms with van der Waals surface area (Å²) >= 11 is 0. The van der Waals surface area contributed by atoms with Crippen LogP contribution in [0.25, 0.3) is 11.3 Å². The Morgan fingerprint density at radius 3 is 2.63 bits per heavy atom. The van der Waals surface area contributed by atoms with E-state index in [1.165, 1.54) is 24.1 Å². The molecule has 19 heavy (non-hydrogen) atoms. The molecule has 0 amide bonds. The Hall–Kier alpha value is -1.61. The predicted molar refractivity (Wildman–Crippen MR) is 78.0 cm³/mol. The molecule has 0 unspecified atom stereocenters. The van der Waals surface area contributed by atoms with E-state index in [1.54, 1.807) is 0 Å². The maximum absolute atomic E-state index is 4.78. The number of benzene rings is 1. The Morgan fingerprint density at radius 2 is 2.00 bits per heavy atom. The van der Waals surface area contributed by atoms with Crippen molar-refractivity contribution in [3.63, 3.8) is 0 Å². The summed E-state index contributed by atoms with van der Waals surface area (Å²) in [7, 11) is 0. The van der Waals surface area contributed by atoms with Gasteiger partial charge >= 0.3 is 0 Å². The summed E-state index contributed by atoms with van der Waals surface area (Å²) in [5, 5.41) is 3.51. The van der Waals surface area contributed by atoms with Gasteiger partial charge in [-0.25, -0.2) is 4.98 Å². The highest BCUT2D eigenvalue weighted by Gasteiger charge is 2.21. The normalized spacial score (nSPS) is 15.1. The first-order valence-electron chi connectivity index (χ1n) is 7.11. The SMILES string of the molecule is CC(C)c1[nH]c(CNC2CC2)nc1-c1ccccc1. The van der Waals surface area contributed by atoms with Crippen molar-refractivity contribution in [1.82, 2.24) is 15.3 Å². The first-order valence-corrected chi connectivity index (χ1v) is 7.11. The smallest absolute Gasteiger partial charge is 0.121 e. The van der Waals surface area contributed by atoms with Gasteiger partial charge in [0.25, 0.3) is 0 Å². The molecule has 1 fully saturated rings. The van der Waals surface area contributed by atoms with Gasteiger partial charge in [0.1, 0.15) is 5.82 Å². The summed E-state index contributed by atoms with van der Waals surface area (Å²) in [6, 6.07) is 11.1. The van der Waals surface area contributed by atoms with Gasteiger partial charge in [-0.15, -0.1) is 0 Å². The van der Waals surface area contributed by atoms with E-state index in [0.717, 1.165) is 18.1 Å². The van der Waals surface area contributed by atoms with Crippen LogP contribution in [0.15, 0.2) is 30.3 Å². The zero-order chi connectivity index (χ0) is 13.2. The van der Waals surface area contributed by atoms with Gasteiger partial charge in [-0.05, 0) is 18.8 Å². The van der Waals surface area contributed by atoms with E-state index in [4.69, 9.17) is 4.98 Å². The third kappa shape index (κ3) is 2.87. The lowest BCUT2D eigenvalue weighted by Gasteiger charge is -2.05. The number of nitrogens with zero attached hydrogens (tertiary/aromatic N) is 1. The Kier molecular flexibility index (Phi) is 3.38. The van der Waals surface area contributed by atoms with Crippen LogP contribution in [0.4, 0.5) is 0 Å². The molecule has 3 nitrogen and oxygen atoms in total. The molecule has 3 rings (SSSR count). The zero-order valence-corrected chi connectivity index (χ0v) is 11.6. The van der Waals surface area contributed by atoms with Crippen molar-refractivity contribution in [1.29, 1.82) is 0 Å². The monoisotopic (exact) mass is 255 g/mol. The quantitative estimate of drug-likeness (QED) is 0.859. The molecular formula is C16H21N3. The molecule has 2 aromatic rings. The Labute approximate surface area is 114 Å². The van der Waals surface area contributed by atoms with E-state index in [1.807, 2.05) is 6.07 Å².